The number of alkyl halides is 3. The number of anilines is 2. The van der Waals surface area contributed by atoms with Crippen LogP contribution in [0, 0.1) is 13.8 Å². The van der Waals surface area contributed by atoms with E-state index in [0.717, 1.165) is 34.3 Å². The fourth-order valence-electron chi connectivity index (χ4n) is 2.92. The minimum absolute atomic E-state index is 0.0395. The van der Waals surface area contributed by atoms with Gasteiger partial charge >= 0.3 is 6.18 Å². The van der Waals surface area contributed by atoms with Gasteiger partial charge in [0.25, 0.3) is 0 Å². The number of hydrogen-bond acceptors (Lipinski definition) is 4. The van der Waals surface area contributed by atoms with Crippen molar-refractivity contribution >= 4 is 22.7 Å². The van der Waals surface area contributed by atoms with Gasteiger partial charge in [-0.05, 0) is 61.4 Å². The maximum atomic E-state index is 12.9. The Bertz CT molecular complexity index is 1180. The molecule has 5 nitrogen and oxygen atoms in total. The maximum absolute atomic E-state index is 12.9. The van der Waals surface area contributed by atoms with E-state index < -0.39 is 11.7 Å². The molecule has 0 radical (unpaired) electrons. The van der Waals surface area contributed by atoms with Crippen LogP contribution in [0.4, 0.5) is 24.8 Å². The summed E-state index contributed by atoms with van der Waals surface area (Å²) in [5.74, 6) is 0.661. The van der Waals surface area contributed by atoms with Crippen molar-refractivity contribution in [3.8, 4) is 11.6 Å². The molecule has 0 atom stereocenters. The first-order valence-electron chi connectivity index (χ1n) is 8.84. The molecule has 4 aromatic rings. The van der Waals surface area contributed by atoms with Crippen molar-refractivity contribution in [1.82, 2.24) is 15.0 Å². The number of aromatic nitrogens is 3. The number of nitrogens with zero attached hydrogens (tertiary/aromatic N) is 2. The summed E-state index contributed by atoms with van der Waals surface area (Å²) in [5.41, 5.74) is 3.64. The van der Waals surface area contributed by atoms with Gasteiger partial charge in [0.1, 0.15) is 11.4 Å². The number of halogens is 3. The number of aryl methyl sites for hydroxylation is 2. The normalized spacial score (nSPS) is 11.6. The number of pyridine rings is 1. The molecule has 0 unspecified atom stereocenters. The Morgan fingerprint density at radius 1 is 1.03 bits per heavy atom. The number of benzene rings is 2. The molecule has 4 rings (SSSR count). The first-order chi connectivity index (χ1) is 13.8. The molecule has 0 amide bonds. The summed E-state index contributed by atoms with van der Waals surface area (Å²) in [5, 5.41) is 3.10. The fraction of sp³-hybridized carbons (Fsp3) is 0.143. The third-order valence-corrected chi connectivity index (χ3v) is 4.59. The van der Waals surface area contributed by atoms with Crippen LogP contribution in [0.5, 0.6) is 11.6 Å². The lowest BCUT2D eigenvalue weighted by Crippen LogP contribution is -2.04. The van der Waals surface area contributed by atoms with Gasteiger partial charge in [-0.3, -0.25) is 0 Å². The van der Waals surface area contributed by atoms with Crippen LogP contribution in [0.1, 0.15) is 16.7 Å². The van der Waals surface area contributed by atoms with Crippen molar-refractivity contribution in [2.45, 2.75) is 20.0 Å². The van der Waals surface area contributed by atoms with Gasteiger partial charge < -0.3 is 15.0 Å². The zero-order chi connectivity index (χ0) is 20.6. The number of H-pyrrole nitrogens is 1. The summed E-state index contributed by atoms with van der Waals surface area (Å²) in [6.07, 6.45) is -2.95. The lowest BCUT2D eigenvalue weighted by Gasteiger charge is -2.12. The van der Waals surface area contributed by atoms with Crippen molar-refractivity contribution in [3.05, 3.63) is 71.4 Å². The van der Waals surface area contributed by atoms with E-state index in [-0.39, 0.29) is 11.6 Å². The molecule has 0 saturated heterocycles. The summed E-state index contributed by atoms with van der Waals surface area (Å²) in [6.45, 7) is 4.02. The van der Waals surface area contributed by atoms with Crippen LogP contribution >= 0.6 is 0 Å². The predicted molar refractivity (Wildman–Crippen MR) is 105 cm³/mol. The van der Waals surface area contributed by atoms with Gasteiger partial charge in [-0.1, -0.05) is 12.1 Å². The fourth-order valence-corrected chi connectivity index (χ4v) is 2.92. The minimum Gasteiger partial charge on any atom is -0.437 e. The lowest BCUT2D eigenvalue weighted by molar-refractivity contribution is -0.137. The zero-order valence-electron chi connectivity index (χ0n) is 15.6. The van der Waals surface area contributed by atoms with Gasteiger partial charge in [-0.2, -0.15) is 13.2 Å². The van der Waals surface area contributed by atoms with Crippen LogP contribution in [0.2, 0.25) is 0 Å². The number of rotatable bonds is 4. The molecule has 2 aromatic heterocycles. The Labute approximate surface area is 164 Å². The van der Waals surface area contributed by atoms with Crippen LogP contribution < -0.4 is 10.1 Å². The van der Waals surface area contributed by atoms with Crippen LogP contribution in [0.15, 0.2) is 54.7 Å². The Kier molecular flexibility index (Phi) is 4.62. The van der Waals surface area contributed by atoms with Crippen LogP contribution in [-0.2, 0) is 6.18 Å². The summed E-state index contributed by atoms with van der Waals surface area (Å²) < 4.78 is 44.4. The van der Waals surface area contributed by atoms with Crippen molar-refractivity contribution in [1.29, 1.82) is 0 Å². The van der Waals surface area contributed by atoms with Crippen LogP contribution in [0.25, 0.3) is 11.0 Å². The topological polar surface area (TPSA) is 62.8 Å². The summed E-state index contributed by atoms with van der Waals surface area (Å²) in [6, 6.07) is 12.0. The second kappa shape index (κ2) is 7.12. The molecule has 0 fully saturated rings. The molecule has 0 spiro atoms. The van der Waals surface area contributed by atoms with Gasteiger partial charge in [0, 0.05) is 6.20 Å². The van der Waals surface area contributed by atoms with Crippen molar-refractivity contribution in [2.24, 2.45) is 0 Å². The molecule has 0 aliphatic carbocycles. The highest BCUT2D eigenvalue weighted by Gasteiger charge is 2.30. The number of imidazole rings is 1. The molecule has 2 N–H and O–H groups in total. The van der Waals surface area contributed by atoms with Crippen LogP contribution in [0.3, 0.4) is 0 Å². The average Bonchev–Trinajstić information content (AvgIpc) is 3.09. The third kappa shape index (κ3) is 3.87. The maximum Gasteiger partial charge on any atom is 0.416 e. The van der Waals surface area contributed by atoms with E-state index in [1.165, 1.54) is 18.3 Å². The molecular weight excluding hydrogens is 381 g/mol. The highest BCUT2D eigenvalue weighted by Crippen LogP contribution is 2.34. The van der Waals surface area contributed by atoms with E-state index in [0.29, 0.717) is 11.6 Å². The molecule has 29 heavy (non-hydrogen) atoms. The lowest BCUT2D eigenvalue weighted by atomic mass is 10.1. The van der Waals surface area contributed by atoms with Gasteiger partial charge in [0.15, 0.2) is 0 Å². The highest BCUT2D eigenvalue weighted by atomic mass is 19.4. The summed E-state index contributed by atoms with van der Waals surface area (Å²) >= 11 is 0. The van der Waals surface area contributed by atoms with E-state index in [4.69, 9.17) is 4.74 Å². The Balaban J connectivity index is 1.63. The first-order valence-corrected chi connectivity index (χ1v) is 8.84. The largest absolute Gasteiger partial charge is 0.437 e. The van der Waals surface area contributed by atoms with Crippen molar-refractivity contribution in [2.75, 3.05) is 5.32 Å². The molecule has 0 aliphatic rings. The summed E-state index contributed by atoms with van der Waals surface area (Å²) in [7, 11) is 0. The smallest absolute Gasteiger partial charge is 0.416 e. The standard InChI is InChI=1S/C21H17F3N4O/c1-12-8-9-16-18(13(12)2)28-20(26-16)27-17-7-4-10-25-19(17)29-15-6-3-5-14(11-15)21(22,23)24/h3-11H,1-2H3,(H2,26,27,28). The number of nitrogens with one attached hydrogen (secondary N) is 2. The number of aromatic amines is 1. The molecule has 2 heterocycles. The SMILES string of the molecule is Cc1ccc2nc(Nc3cccnc3Oc3cccc(C(F)(F)F)c3)[nH]c2c1C. The molecule has 8 heteroatoms. The van der Waals surface area contributed by atoms with Gasteiger partial charge in [0.2, 0.25) is 11.8 Å². The Hall–Kier alpha value is -3.55. The monoisotopic (exact) mass is 398 g/mol. The summed E-state index contributed by atoms with van der Waals surface area (Å²) in [4.78, 5) is 11.9. The Morgan fingerprint density at radius 2 is 1.86 bits per heavy atom. The van der Waals surface area contributed by atoms with E-state index in [1.54, 1.807) is 12.1 Å². The number of fused-ring (bicyclic) bond motifs is 1. The number of hydrogen-bond donors (Lipinski definition) is 2. The third-order valence-electron chi connectivity index (χ3n) is 4.59. The van der Waals surface area contributed by atoms with Crippen molar-refractivity contribution in [3.63, 3.8) is 0 Å². The molecule has 0 aliphatic heterocycles. The second-order valence-corrected chi connectivity index (χ2v) is 6.60. The molecule has 0 saturated carbocycles. The van der Waals surface area contributed by atoms with E-state index in [9.17, 15) is 13.2 Å². The number of ether oxygens (including phenoxy) is 1. The second-order valence-electron chi connectivity index (χ2n) is 6.60. The van der Waals surface area contributed by atoms with Gasteiger partial charge in [0.05, 0.1) is 16.6 Å². The molecular formula is C21H17F3N4O. The predicted octanol–water partition coefficient (Wildman–Crippen LogP) is 6.13. The van der Waals surface area contributed by atoms with E-state index in [2.05, 4.69) is 20.3 Å². The average molecular weight is 398 g/mol. The molecule has 2 aromatic carbocycles. The van der Waals surface area contributed by atoms with Crippen LogP contribution in [-0.4, -0.2) is 15.0 Å². The zero-order valence-corrected chi connectivity index (χ0v) is 15.6. The molecule has 148 valence electrons. The van der Waals surface area contributed by atoms with Crippen molar-refractivity contribution < 1.29 is 17.9 Å². The van der Waals surface area contributed by atoms with Gasteiger partial charge in [-0.15, -0.1) is 0 Å². The minimum atomic E-state index is -4.45. The quantitative estimate of drug-likeness (QED) is 0.434. The van der Waals surface area contributed by atoms with Gasteiger partial charge in [-0.25, -0.2) is 9.97 Å². The first kappa shape index (κ1) is 18.8. The molecule has 0 bridgehead atoms. The van der Waals surface area contributed by atoms with E-state index in [1.807, 2.05) is 26.0 Å². The van der Waals surface area contributed by atoms with E-state index >= 15 is 0 Å². The highest BCUT2D eigenvalue weighted by molar-refractivity contribution is 5.82. The Morgan fingerprint density at radius 3 is 2.66 bits per heavy atom.